The molecule has 1 heterocycles. The van der Waals surface area contributed by atoms with Crippen molar-refractivity contribution in [1.82, 2.24) is 20.4 Å². The minimum Gasteiger partial charge on any atom is -0.390 e. The molecular weight excluding hydrogens is 671 g/mol. The van der Waals surface area contributed by atoms with Gasteiger partial charge in [-0.05, 0) is 55.1 Å². The Morgan fingerprint density at radius 3 is 2.20 bits per heavy atom. The summed E-state index contributed by atoms with van der Waals surface area (Å²) in [4.78, 5) is 55.5. The maximum absolute atomic E-state index is 14.3. The SMILES string of the molecule is C=C[C@@H]1C[C@@]1(NC(=O)[C@@H]1C[C@@H](ON=C2c3ccccc3-c3ccccc32)CN1C(=O)[C@H](NOCC1CCCC1)C(C)C)C(=O)NS(=O)(=O)C1CC1. The molecule has 0 spiro atoms. The molecule has 4 fully saturated rings. The van der Waals surface area contributed by atoms with E-state index in [-0.39, 0.29) is 31.2 Å². The largest absolute Gasteiger partial charge is 0.390 e. The van der Waals surface area contributed by atoms with Gasteiger partial charge in [-0.1, -0.05) is 86.5 Å². The van der Waals surface area contributed by atoms with E-state index < -0.39 is 56.7 Å². The molecule has 12 nitrogen and oxygen atoms in total. The monoisotopic (exact) mass is 717 g/mol. The van der Waals surface area contributed by atoms with E-state index >= 15 is 0 Å². The fraction of sp³-hybridized carbons (Fsp3) is 0.526. The molecule has 1 aliphatic heterocycles. The summed E-state index contributed by atoms with van der Waals surface area (Å²) < 4.78 is 27.5. The van der Waals surface area contributed by atoms with E-state index in [4.69, 9.17) is 9.68 Å². The van der Waals surface area contributed by atoms with Gasteiger partial charge in [0, 0.05) is 23.5 Å². The standard InChI is InChI=1S/C38H47N5O7S/c1-4-25-20-38(25,37(46)42-51(47,48)27-17-18-27)39-35(44)32-19-26(21-43(32)36(45)33(23(2)3)40-49-22-24-11-5-6-12-24)50-41-34-30-15-9-7-13-28(30)29-14-8-10-16-31(29)34/h4,7-10,13-16,23-27,32-33,40H,1,5-6,11-12,17-22H2,2-3H3,(H,39,44)(H,42,46)/t25-,26-,32+,33-,38+/m1/s1. The van der Waals surface area contributed by atoms with Crippen LogP contribution in [0.1, 0.15) is 76.3 Å². The van der Waals surface area contributed by atoms with Gasteiger partial charge in [0.05, 0.1) is 18.4 Å². The summed E-state index contributed by atoms with van der Waals surface area (Å²) >= 11 is 0. The Morgan fingerprint density at radius 1 is 1.00 bits per heavy atom. The zero-order chi connectivity index (χ0) is 35.9. The van der Waals surface area contributed by atoms with Crippen LogP contribution in [0.2, 0.25) is 0 Å². The second-order valence-corrected chi connectivity index (χ2v) is 16.9. The zero-order valence-electron chi connectivity index (χ0n) is 29.2. The van der Waals surface area contributed by atoms with Gasteiger partial charge in [-0.15, -0.1) is 6.58 Å². The molecule has 272 valence electrons. The first kappa shape index (κ1) is 35.3. The predicted molar refractivity (Wildman–Crippen MR) is 191 cm³/mol. The van der Waals surface area contributed by atoms with Crippen molar-refractivity contribution < 1.29 is 32.5 Å². The molecule has 1 saturated heterocycles. The lowest BCUT2D eigenvalue weighted by molar-refractivity contribution is -0.146. The lowest BCUT2D eigenvalue weighted by Crippen LogP contribution is -2.58. The highest BCUT2D eigenvalue weighted by Crippen LogP contribution is 2.45. The van der Waals surface area contributed by atoms with Gasteiger partial charge in [-0.3, -0.25) is 19.1 Å². The molecule has 5 atom stereocenters. The van der Waals surface area contributed by atoms with Crippen LogP contribution in [0.15, 0.2) is 66.3 Å². The summed E-state index contributed by atoms with van der Waals surface area (Å²) in [6.45, 7) is 8.19. The van der Waals surface area contributed by atoms with Crippen LogP contribution in [0.25, 0.3) is 11.1 Å². The summed E-state index contributed by atoms with van der Waals surface area (Å²) in [6.07, 6.45) is 6.73. The summed E-state index contributed by atoms with van der Waals surface area (Å²) in [6, 6.07) is 14.1. The topological polar surface area (TPSA) is 156 Å². The highest BCUT2D eigenvalue weighted by atomic mass is 32.2. The number of sulfonamides is 1. The van der Waals surface area contributed by atoms with E-state index in [1.54, 1.807) is 6.08 Å². The Kier molecular flexibility index (Phi) is 9.81. The minimum absolute atomic E-state index is 0.0741. The maximum Gasteiger partial charge on any atom is 0.259 e. The van der Waals surface area contributed by atoms with Crippen LogP contribution in [0.3, 0.4) is 0 Å². The normalized spacial score (nSPS) is 26.0. The van der Waals surface area contributed by atoms with Crippen molar-refractivity contribution in [2.24, 2.45) is 22.9 Å². The Balaban J connectivity index is 1.12. The molecular formula is C38H47N5O7S. The highest BCUT2D eigenvalue weighted by Gasteiger charge is 2.62. The number of carbonyl (C=O) groups excluding carboxylic acids is 3. The first-order chi connectivity index (χ1) is 24.5. The lowest BCUT2D eigenvalue weighted by atomic mass is 10.0. The van der Waals surface area contributed by atoms with Crippen molar-refractivity contribution in [3.8, 4) is 11.1 Å². The molecule has 2 aromatic carbocycles. The Hall–Kier alpha value is -4.07. The van der Waals surface area contributed by atoms with E-state index in [0.717, 1.165) is 35.1 Å². The lowest BCUT2D eigenvalue weighted by Gasteiger charge is -2.31. The molecule has 51 heavy (non-hydrogen) atoms. The van der Waals surface area contributed by atoms with Gasteiger partial charge in [-0.25, -0.2) is 8.42 Å². The first-order valence-electron chi connectivity index (χ1n) is 18.1. The van der Waals surface area contributed by atoms with Gasteiger partial charge in [-0.2, -0.15) is 5.48 Å². The third kappa shape index (κ3) is 7.07. The molecule has 3 N–H and O–H groups in total. The molecule has 0 radical (unpaired) electrons. The highest BCUT2D eigenvalue weighted by molar-refractivity contribution is 7.91. The number of likely N-dealkylation sites (tertiary alicyclic amines) is 1. The smallest absolute Gasteiger partial charge is 0.259 e. The predicted octanol–water partition coefficient (Wildman–Crippen LogP) is 3.81. The quantitative estimate of drug-likeness (QED) is 0.168. The van der Waals surface area contributed by atoms with E-state index in [1.807, 2.05) is 62.4 Å². The van der Waals surface area contributed by atoms with Gasteiger partial charge < -0.3 is 19.9 Å². The summed E-state index contributed by atoms with van der Waals surface area (Å²) in [5.74, 6) is -1.89. The molecule has 3 saturated carbocycles. The van der Waals surface area contributed by atoms with Crippen LogP contribution in [0, 0.1) is 17.8 Å². The molecule has 0 bridgehead atoms. The average Bonchev–Trinajstić information content (AvgIpc) is 3.95. The number of hydroxylamine groups is 1. The van der Waals surface area contributed by atoms with Crippen LogP contribution in [-0.4, -0.2) is 78.9 Å². The minimum atomic E-state index is -3.85. The van der Waals surface area contributed by atoms with Crippen LogP contribution >= 0.6 is 0 Å². The number of hydrogen-bond acceptors (Lipinski definition) is 9. The van der Waals surface area contributed by atoms with Gasteiger partial charge >= 0.3 is 0 Å². The second-order valence-electron chi connectivity index (χ2n) is 15.0. The summed E-state index contributed by atoms with van der Waals surface area (Å²) in [5.41, 5.74) is 6.15. The number of hydrogen-bond donors (Lipinski definition) is 3. The Labute approximate surface area is 299 Å². The van der Waals surface area contributed by atoms with Crippen molar-refractivity contribution in [1.29, 1.82) is 0 Å². The fourth-order valence-electron chi connectivity index (χ4n) is 7.69. The first-order valence-corrected chi connectivity index (χ1v) is 19.7. The van der Waals surface area contributed by atoms with Crippen molar-refractivity contribution in [2.75, 3.05) is 13.2 Å². The molecule has 4 aliphatic carbocycles. The van der Waals surface area contributed by atoms with Gasteiger partial charge in [0.2, 0.25) is 21.8 Å². The van der Waals surface area contributed by atoms with Crippen molar-refractivity contribution in [3.05, 3.63) is 72.3 Å². The van der Waals surface area contributed by atoms with Crippen LogP contribution in [0.4, 0.5) is 0 Å². The molecule has 3 amide bonds. The number of fused-ring (bicyclic) bond motifs is 3. The number of rotatable bonds is 14. The van der Waals surface area contributed by atoms with Crippen molar-refractivity contribution >= 4 is 33.5 Å². The van der Waals surface area contributed by atoms with Gasteiger partial charge in [0.1, 0.15) is 29.4 Å². The van der Waals surface area contributed by atoms with Crippen LogP contribution in [-0.2, 0) is 34.1 Å². The number of nitrogens with one attached hydrogen (secondary N) is 3. The Morgan fingerprint density at radius 2 is 1.63 bits per heavy atom. The molecule has 7 rings (SSSR count). The van der Waals surface area contributed by atoms with Crippen molar-refractivity contribution in [2.45, 2.75) is 94.2 Å². The second kappa shape index (κ2) is 14.2. The third-order valence-electron chi connectivity index (χ3n) is 11.0. The van der Waals surface area contributed by atoms with E-state index in [2.05, 4.69) is 27.3 Å². The maximum atomic E-state index is 14.3. The molecule has 0 aromatic heterocycles. The number of nitrogens with zero attached hydrogens (tertiary/aromatic N) is 2. The van der Waals surface area contributed by atoms with Crippen LogP contribution < -0.4 is 15.5 Å². The average molecular weight is 718 g/mol. The fourth-order valence-corrected chi connectivity index (χ4v) is 9.05. The number of amides is 3. The number of carbonyl (C=O) groups is 3. The Bertz CT molecular complexity index is 1790. The van der Waals surface area contributed by atoms with E-state index in [1.165, 1.54) is 17.7 Å². The van der Waals surface area contributed by atoms with Gasteiger partial charge in [0.15, 0.2) is 0 Å². The molecule has 0 unspecified atom stereocenters. The molecule has 5 aliphatic rings. The number of benzene rings is 2. The van der Waals surface area contributed by atoms with Crippen LogP contribution in [0.5, 0.6) is 0 Å². The number of oxime groups is 1. The summed E-state index contributed by atoms with van der Waals surface area (Å²) in [5, 5.41) is 6.86. The van der Waals surface area contributed by atoms with Gasteiger partial charge in [0.25, 0.3) is 5.91 Å². The molecule has 2 aromatic rings. The summed E-state index contributed by atoms with van der Waals surface area (Å²) in [7, 11) is -3.85. The van der Waals surface area contributed by atoms with E-state index in [0.29, 0.717) is 31.1 Å². The zero-order valence-corrected chi connectivity index (χ0v) is 30.0. The molecule has 13 heteroatoms. The van der Waals surface area contributed by atoms with Crippen molar-refractivity contribution in [3.63, 3.8) is 0 Å². The third-order valence-corrected chi connectivity index (χ3v) is 12.8. The van der Waals surface area contributed by atoms with E-state index in [9.17, 15) is 22.8 Å².